The average molecular weight is 355 g/mol. The standard InChI is InChI=1S/C7H3F5INO2/c8-5(9)4-3(16-7(10,11)12)1-2(15)6(13)14-4/h1,5,15H. The molecule has 0 saturated heterocycles. The van der Waals surface area contributed by atoms with Gasteiger partial charge in [-0.25, -0.2) is 13.8 Å². The van der Waals surface area contributed by atoms with Gasteiger partial charge in [0.05, 0.1) is 0 Å². The fourth-order valence-corrected chi connectivity index (χ4v) is 1.25. The van der Waals surface area contributed by atoms with Crippen LogP contribution in [0.5, 0.6) is 11.5 Å². The van der Waals surface area contributed by atoms with Crippen LogP contribution in [-0.4, -0.2) is 16.5 Å². The van der Waals surface area contributed by atoms with E-state index in [1.54, 1.807) is 0 Å². The van der Waals surface area contributed by atoms with E-state index in [9.17, 15) is 22.0 Å². The van der Waals surface area contributed by atoms with E-state index in [0.717, 1.165) is 0 Å². The summed E-state index contributed by atoms with van der Waals surface area (Å²) >= 11 is 1.41. The van der Waals surface area contributed by atoms with E-state index >= 15 is 0 Å². The maximum absolute atomic E-state index is 12.3. The van der Waals surface area contributed by atoms with E-state index in [4.69, 9.17) is 5.11 Å². The van der Waals surface area contributed by atoms with Crippen LogP contribution >= 0.6 is 22.6 Å². The fourth-order valence-electron chi connectivity index (χ4n) is 0.839. The Bertz CT molecular complexity index is 395. The first-order chi connectivity index (χ1) is 7.20. The molecule has 1 aromatic heterocycles. The summed E-state index contributed by atoms with van der Waals surface area (Å²) in [5.41, 5.74) is -1.17. The SMILES string of the molecule is Oc1cc(OC(F)(F)F)c(C(F)F)nc1I. The summed E-state index contributed by atoms with van der Waals surface area (Å²) in [4.78, 5) is 3.12. The highest BCUT2D eigenvalue weighted by Crippen LogP contribution is 2.35. The second kappa shape index (κ2) is 4.55. The van der Waals surface area contributed by atoms with Crippen LogP contribution in [0.25, 0.3) is 0 Å². The summed E-state index contributed by atoms with van der Waals surface area (Å²) in [5.74, 6) is -1.87. The Labute approximate surface area is 99.4 Å². The number of rotatable bonds is 2. The molecule has 1 N–H and O–H groups in total. The normalized spacial score (nSPS) is 11.9. The number of hydrogen-bond acceptors (Lipinski definition) is 3. The van der Waals surface area contributed by atoms with E-state index in [0.29, 0.717) is 6.07 Å². The van der Waals surface area contributed by atoms with Crippen LogP contribution in [0.3, 0.4) is 0 Å². The second-order valence-corrected chi connectivity index (χ2v) is 3.55. The highest BCUT2D eigenvalue weighted by molar-refractivity contribution is 14.1. The number of halogens is 6. The van der Waals surface area contributed by atoms with Crippen molar-refractivity contribution in [2.24, 2.45) is 0 Å². The van der Waals surface area contributed by atoms with E-state index in [1.807, 2.05) is 0 Å². The summed E-state index contributed by atoms with van der Waals surface area (Å²) in [6.07, 6.45) is -8.35. The Balaban J connectivity index is 3.20. The van der Waals surface area contributed by atoms with Gasteiger partial charge in [-0.3, -0.25) is 0 Å². The zero-order valence-electron chi connectivity index (χ0n) is 7.23. The van der Waals surface area contributed by atoms with Gasteiger partial charge in [0.15, 0.2) is 17.2 Å². The van der Waals surface area contributed by atoms with Crippen molar-refractivity contribution in [1.82, 2.24) is 4.98 Å². The molecule has 0 aliphatic carbocycles. The van der Waals surface area contributed by atoms with Gasteiger partial charge < -0.3 is 9.84 Å². The molecule has 0 aliphatic heterocycles. The van der Waals surface area contributed by atoms with Gasteiger partial charge in [-0.2, -0.15) is 0 Å². The smallest absolute Gasteiger partial charge is 0.505 e. The molecule has 1 rings (SSSR count). The number of aromatic nitrogens is 1. The quantitative estimate of drug-likeness (QED) is 0.503. The van der Waals surface area contributed by atoms with Crippen molar-refractivity contribution < 1.29 is 31.8 Å². The fraction of sp³-hybridized carbons (Fsp3) is 0.286. The first-order valence-corrected chi connectivity index (χ1v) is 4.72. The second-order valence-electron chi connectivity index (χ2n) is 2.53. The summed E-state index contributed by atoms with van der Waals surface area (Å²) in [6, 6.07) is 0.448. The van der Waals surface area contributed by atoms with Crippen molar-refractivity contribution in [3.8, 4) is 11.5 Å². The summed E-state index contributed by atoms with van der Waals surface area (Å²) in [7, 11) is 0. The Morgan fingerprint density at radius 3 is 2.38 bits per heavy atom. The lowest BCUT2D eigenvalue weighted by Gasteiger charge is -2.12. The number of pyridine rings is 1. The molecule has 3 nitrogen and oxygen atoms in total. The average Bonchev–Trinajstić information content (AvgIpc) is 2.07. The van der Waals surface area contributed by atoms with Gasteiger partial charge in [0.2, 0.25) is 0 Å². The lowest BCUT2D eigenvalue weighted by molar-refractivity contribution is -0.275. The lowest BCUT2D eigenvalue weighted by atomic mass is 10.3. The Kier molecular flexibility index (Phi) is 3.76. The molecule has 0 amide bonds. The van der Waals surface area contributed by atoms with Gasteiger partial charge in [0.25, 0.3) is 6.43 Å². The zero-order chi connectivity index (χ0) is 12.5. The van der Waals surface area contributed by atoms with Crippen LogP contribution in [0.15, 0.2) is 6.07 Å². The molecule has 0 unspecified atom stereocenters. The summed E-state index contributed by atoms with van der Waals surface area (Å²) in [5, 5.41) is 9.04. The van der Waals surface area contributed by atoms with Crippen LogP contribution in [0, 0.1) is 3.70 Å². The Morgan fingerprint density at radius 1 is 1.38 bits per heavy atom. The maximum Gasteiger partial charge on any atom is 0.573 e. The molecule has 0 saturated carbocycles. The monoisotopic (exact) mass is 355 g/mol. The predicted molar refractivity (Wildman–Crippen MR) is 50.3 cm³/mol. The Morgan fingerprint density at radius 2 is 1.94 bits per heavy atom. The van der Waals surface area contributed by atoms with Crippen molar-refractivity contribution in [2.75, 3.05) is 0 Å². The highest BCUT2D eigenvalue weighted by Gasteiger charge is 2.34. The van der Waals surface area contributed by atoms with Crippen LogP contribution in [0.1, 0.15) is 12.1 Å². The molecular formula is C7H3F5INO2. The predicted octanol–water partition coefficient (Wildman–Crippen LogP) is 3.23. The highest BCUT2D eigenvalue weighted by atomic mass is 127. The van der Waals surface area contributed by atoms with E-state index in [-0.39, 0.29) is 3.70 Å². The molecule has 0 fully saturated rings. The minimum Gasteiger partial charge on any atom is -0.505 e. The van der Waals surface area contributed by atoms with Crippen LogP contribution < -0.4 is 4.74 Å². The number of aromatic hydroxyl groups is 1. The van der Waals surface area contributed by atoms with E-state index < -0.39 is 30.0 Å². The molecule has 1 aromatic rings. The molecular weight excluding hydrogens is 352 g/mol. The molecule has 9 heteroatoms. The topological polar surface area (TPSA) is 42.4 Å². The molecule has 0 atom stereocenters. The molecule has 0 aromatic carbocycles. The van der Waals surface area contributed by atoms with Crippen LogP contribution in [0.2, 0.25) is 0 Å². The molecule has 1 heterocycles. The molecule has 0 spiro atoms. The third-order valence-electron chi connectivity index (χ3n) is 1.38. The van der Waals surface area contributed by atoms with Crippen LogP contribution in [-0.2, 0) is 0 Å². The first kappa shape index (κ1) is 13.2. The zero-order valence-corrected chi connectivity index (χ0v) is 9.38. The van der Waals surface area contributed by atoms with Gasteiger partial charge in [0, 0.05) is 6.07 Å². The largest absolute Gasteiger partial charge is 0.573 e. The summed E-state index contributed by atoms with van der Waals surface area (Å²) < 4.78 is 63.2. The first-order valence-electron chi connectivity index (χ1n) is 3.64. The lowest BCUT2D eigenvalue weighted by Crippen LogP contribution is -2.18. The third-order valence-corrected chi connectivity index (χ3v) is 2.18. The minimum atomic E-state index is -5.12. The number of hydrogen-bond donors (Lipinski definition) is 1. The van der Waals surface area contributed by atoms with Gasteiger partial charge >= 0.3 is 6.36 Å². The molecule has 0 aliphatic rings. The maximum atomic E-state index is 12.3. The minimum absolute atomic E-state index is 0.234. The van der Waals surface area contributed by atoms with Gasteiger partial charge in [0.1, 0.15) is 3.70 Å². The van der Waals surface area contributed by atoms with Crippen LogP contribution in [0.4, 0.5) is 22.0 Å². The number of alkyl halides is 5. The third kappa shape index (κ3) is 3.32. The number of nitrogens with zero attached hydrogens (tertiary/aromatic N) is 1. The van der Waals surface area contributed by atoms with Gasteiger partial charge in [-0.05, 0) is 22.6 Å². The van der Waals surface area contributed by atoms with Crippen molar-refractivity contribution >= 4 is 22.6 Å². The number of ether oxygens (including phenoxy) is 1. The summed E-state index contributed by atoms with van der Waals surface area (Å²) in [6.45, 7) is 0. The van der Waals surface area contributed by atoms with Crippen molar-refractivity contribution in [2.45, 2.75) is 12.8 Å². The molecule has 90 valence electrons. The van der Waals surface area contributed by atoms with Crippen molar-refractivity contribution in [3.63, 3.8) is 0 Å². The van der Waals surface area contributed by atoms with Crippen molar-refractivity contribution in [1.29, 1.82) is 0 Å². The molecule has 0 radical (unpaired) electrons. The Hall–Kier alpha value is -0.870. The molecule has 0 bridgehead atoms. The van der Waals surface area contributed by atoms with Gasteiger partial charge in [-0.1, -0.05) is 0 Å². The van der Waals surface area contributed by atoms with E-state index in [2.05, 4.69) is 9.72 Å². The van der Waals surface area contributed by atoms with Crippen molar-refractivity contribution in [3.05, 3.63) is 15.5 Å². The van der Waals surface area contributed by atoms with Gasteiger partial charge in [-0.15, -0.1) is 13.2 Å². The van der Waals surface area contributed by atoms with E-state index in [1.165, 1.54) is 22.6 Å². The molecule has 16 heavy (non-hydrogen) atoms.